The molecule has 1 N–H and O–H groups in total. The molecule has 0 saturated heterocycles. The minimum atomic E-state index is 0.0360. The third kappa shape index (κ3) is 2.14. The molecule has 1 heterocycles. The van der Waals surface area contributed by atoms with E-state index in [1.54, 1.807) is 12.5 Å². The summed E-state index contributed by atoms with van der Waals surface area (Å²) in [5, 5.41) is 9.15. The van der Waals surface area contributed by atoms with Gasteiger partial charge in [0.25, 0.3) is 0 Å². The van der Waals surface area contributed by atoms with Crippen LogP contribution in [0.5, 0.6) is 0 Å². The molecular weight excluding hydrogens is 200 g/mol. The molecule has 2 aromatic rings. The van der Waals surface area contributed by atoms with Gasteiger partial charge in [-0.05, 0) is 17.5 Å². The first-order valence-corrected chi connectivity index (χ1v) is 5.51. The normalized spacial score (nSPS) is 10.6. The summed E-state index contributed by atoms with van der Waals surface area (Å²) in [6.45, 7) is 2.97. The third-order valence-electron chi connectivity index (χ3n) is 2.80. The summed E-state index contributed by atoms with van der Waals surface area (Å²) in [4.78, 5) is 4.05. The monoisotopic (exact) mass is 216 g/mol. The first-order valence-electron chi connectivity index (χ1n) is 5.51. The molecule has 1 aromatic carbocycles. The molecule has 0 radical (unpaired) electrons. The molecule has 0 fully saturated rings. The lowest BCUT2D eigenvalue weighted by Gasteiger charge is -2.10. The number of aryl methyl sites for hydroxylation is 1. The number of rotatable bonds is 4. The van der Waals surface area contributed by atoms with Crippen molar-refractivity contribution in [2.45, 2.75) is 26.5 Å². The van der Waals surface area contributed by atoms with Gasteiger partial charge < -0.3 is 9.67 Å². The van der Waals surface area contributed by atoms with Crippen LogP contribution in [0.2, 0.25) is 0 Å². The summed E-state index contributed by atoms with van der Waals surface area (Å²) in [6.07, 6.45) is 4.49. The zero-order valence-corrected chi connectivity index (χ0v) is 9.43. The Morgan fingerprint density at radius 3 is 2.69 bits per heavy atom. The first-order chi connectivity index (χ1) is 7.85. The summed E-state index contributed by atoms with van der Waals surface area (Å²) in [7, 11) is 0. The van der Waals surface area contributed by atoms with E-state index in [-0.39, 0.29) is 6.61 Å². The zero-order valence-electron chi connectivity index (χ0n) is 9.43. The summed E-state index contributed by atoms with van der Waals surface area (Å²) in [5.74, 6) is 0. The number of imidazole rings is 1. The van der Waals surface area contributed by atoms with Crippen molar-refractivity contribution in [1.29, 1.82) is 0 Å². The lowest BCUT2D eigenvalue weighted by molar-refractivity contribution is 0.271. The van der Waals surface area contributed by atoms with E-state index in [1.807, 2.05) is 10.6 Å². The molecule has 0 saturated carbocycles. The fourth-order valence-electron chi connectivity index (χ4n) is 1.86. The zero-order chi connectivity index (χ0) is 11.4. The van der Waals surface area contributed by atoms with Crippen LogP contribution in [-0.2, 0) is 19.6 Å². The summed E-state index contributed by atoms with van der Waals surface area (Å²) in [5.41, 5.74) is 3.49. The van der Waals surface area contributed by atoms with Gasteiger partial charge in [0.1, 0.15) is 0 Å². The summed E-state index contributed by atoms with van der Waals surface area (Å²) >= 11 is 0. The van der Waals surface area contributed by atoms with Gasteiger partial charge in [0, 0.05) is 6.54 Å². The summed E-state index contributed by atoms with van der Waals surface area (Å²) in [6, 6.07) is 8.37. The fraction of sp³-hybridized carbons (Fsp3) is 0.308. The average molecular weight is 216 g/mol. The van der Waals surface area contributed by atoms with E-state index in [0.29, 0.717) is 0 Å². The van der Waals surface area contributed by atoms with Crippen LogP contribution < -0.4 is 0 Å². The van der Waals surface area contributed by atoms with Crippen molar-refractivity contribution in [1.82, 2.24) is 9.55 Å². The predicted octanol–water partition coefficient (Wildman–Crippen LogP) is 1.99. The van der Waals surface area contributed by atoms with Gasteiger partial charge in [0.05, 0.1) is 24.8 Å². The Kier molecular flexibility index (Phi) is 3.37. The molecule has 0 amide bonds. The highest BCUT2D eigenvalue weighted by atomic mass is 16.3. The second-order valence-electron chi connectivity index (χ2n) is 3.79. The average Bonchev–Trinajstić information content (AvgIpc) is 2.77. The van der Waals surface area contributed by atoms with Crippen LogP contribution in [0.1, 0.15) is 23.7 Å². The van der Waals surface area contributed by atoms with Gasteiger partial charge in [-0.1, -0.05) is 31.2 Å². The maximum atomic E-state index is 9.15. The molecule has 0 unspecified atom stereocenters. The molecule has 0 aliphatic rings. The maximum absolute atomic E-state index is 9.15. The smallest absolute Gasteiger partial charge is 0.0952 e. The van der Waals surface area contributed by atoms with Gasteiger partial charge in [-0.2, -0.15) is 0 Å². The van der Waals surface area contributed by atoms with E-state index < -0.39 is 0 Å². The van der Waals surface area contributed by atoms with Crippen LogP contribution in [0.4, 0.5) is 0 Å². The number of aromatic nitrogens is 2. The summed E-state index contributed by atoms with van der Waals surface area (Å²) < 4.78 is 1.98. The SMILES string of the molecule is CCc1ccccc1Cn1cncc1CO. The Balaban J connectivity index is 2.26. The molecule has 84 valence electrons. The fourth-order valence-corrected chi connectivity index (χ4v) is 1.86. The second-order valence-corrected chi connectivity index (χ2v) is 3.79. The van der Waals surface area contributed by atoms with Gasteiger partial charge in [0.2, 0.25) is 0 Å². The Labute approximate surface area is 95.4 Å². The number of hydrogen-bond acceptors (Lipinski definition) is 2. The standard InChI is InChI=1S/C13H16N2O/c1-2-11-5-3-4-6-12(11)8-15-10-14-7-13(15)9-16/h3-7,10,16H,2,8-9H2,1H3. The Bertz CT molecular complexity index is 462. The first kappa shape index (κ1) is 10.9. The highest BCUT2D eigenvalue weighted by molar-refractivity contribution is 5.27. The molecule has 0 aliphatic heterocycles. The van der Waals surface area contributed by atoms with E-state index in [1.165, 1.54) is 11.1 Å². The number of hydrogen-bond donors (Lipinski definition) is 1. The maximum Gasteiger partial charge on any atom is 0.0952 e. The number of benzene rings is 1. The largest absolute Gasteiger partial charge is 0.390 e. The van der Waals surface area contributed by atoms with E-state index in [0.717, 1.165) is 18.7 Å². The van der Waals surface area contributed by atoms with Gasteiger partial charge in [-0.3, -0.25) is 0 Å². The second kappa shape index (κ2) is 4.94. The van der Waals surface area contributed by atoms with Crippen molar-refractivity contribution in [3.63, 3.8) is 0 Å². The van der Waals surface area contributed by atoms with Crippen molar-refractivity contribution in [2.24, 2.45) is 0 Å². The quantitative estimate of drug-likeness (QED) is 0.848. The van der Waals surface area contributed by atoms with Gasteiger partial charge >= 0.3 is 0 Å². The van der Waals surface area contributed by atoms with Crippen molar-refractivity contribution < 1.29 is 5.11 Å². The van der Waals surface area contributed by atoms with E-state index in [2.05, 4.69) is 30.1 Å². The van der Waals surface area contributed by atoms with Crippen molar-refractivity contribution in [2.75, 3.05) is 0 Å². The molecular formula is C13H16N2O. The van der Waals surface area contributed by atoms with Crippen molar-refractivity contribution in [3.8, 4) is 0 Å². The molecule has 3 nitrogen and oxygen atoms in total. The number of aliphatic hydroxyl groups excluding tert-OH is 1. The van der Waals surface area contributed by atoms with E-state index >= 15 is 0 Å². The molecule has 0 atom stereocenters. The molecule has 2 rings (SSSR count). The highest BCUT2D eigenvalue weighted by Crippen LogP contribution is 2.12. The lowest BCUT2D eigenvalue weighted by Crippen LogP contribution is -2.05. The third-order valence-corrected chi connectivity index (χ3v) is 2.80. The molecule has 3 heteroatoms. The van der Waals surface area contributed by atoms with Crippen LogP contribution in [-0.4, -0.2) is 14.7 Å². The van der Waals surface area contributed by atoms with Crippen molar-refractivity contribution in [3.05, 3.63) is 53.6 Å². The van der Waals surface area contributed by atoms with Gasteiger partial charge in [-0.25, -0.2) is 4.98 Å². The van der Waals surface area contributed by atoms with Crippen LogP contribution in [0.3, 0.4) is 0 Å². The van der Waals surface area contributed by atoms with Crippen molar-refractivity contribution >= 4 is 0 Å². The molecule has 16 heavy (non-hydrogen) atoms. The van der Waals surface area contributed by atoms with Gasteiger partial charge in [-0.15, -0.1) is 0 Å². The van der Waals surface area contributed by atoms with Crippen LogP contribution in [0.25, 0.3) is 0 Å². The van der Waals surface area contributed by atoms with E-state index in [4.69, 9.17) is 5.11 Å². The van der Waals surface area contributed by atoms with Crippen LogP contribution in [0.15, 0.2) is 36.8 Å². The Hall–Kier alpha value is -1.61. The van der Waals surface area contributed by atoms with E-state index in [9.17, 15) is 0 Å². The topological polar surface area (TPSA) is 38.0 Å². The Morgan fingerprint density at radius 2 is 2.00 bits per heavy atom. The number of aliphatic hydroxyl groups is 1. The minimum absolute atomic E-state index is 0.0360. The van der Waals surface area contributed by atoms with Crippen LogP contribution in [0, 0.1) is 0 Å². The lowest BCUT2D eigenvalue weighted by atomic mass is 10.1. The molecule has 0 bridgehead atoms. The van der Waals surface area contributed by atoms with Gasteiger partial charge in [0.15, 0.2) is 0 Å². The highest BCUT2D eigenvalue weighted by Gasteiger charge is 2.04. The number of nitrogens with zero attached hydrogens (tertiary/aromatic N) is 2. The Morgan fingerprint density at radius 1 is 1.25 bits per heavy atom. The predicted molar refractivity (Wildman–Crippen MR) is 63.1 cm³/mol. The van der Waals surface area contributed by atoms with Crippen LogP contribution >= 0.6 is 0 Å². The molecule has 0 spiro atoms. The minimum Gasteiger partial charge on any atom is -0.390 e. The molecule has 0 aliphatic carbocycles. The molecule has 1 aromatic heterocycles.